The summed E-state index contributed by atoms with van der Waals surface area (Å²) in [4.78, 5) is 15.5. The van der Waals surface area contributed by atoms with E-state index in [4.69, 9.17) is 4.74 Å². The fourth-order valence-corrected chi connectivity index (χ4v) is 4.55. The second-order valence-corrected chi connectivity index (χ2v) is 7.06. The molecular weight excluding hydrogens is 316 g/mol. The summed E-state index contributed by atoms with van der Waals surface area (Å²) in [6, 6.07) is 28.2. The van der Waals surface area contributed by atoms with Crippen LogP contribution in [0.3, 0.4) is 0 Å². The first-order chi connectivity index (χ1) is 11.8. The number of hydrogen-bond donors (Lipinski definition) is 0. The first-order valence-corrected chi connectivity index (χ1v) is 8.78. The predicted octanol–water partition coefficient (Wildman–Crippen LogP) is 5.08. The summed E-state index contributed by atoms with van der Waals surface area (Å²) in [5, 5.41) is 0. The van der Waals surface area contributed by atoms with Crippen LogP contribution in [-0.4, -0.2) is 5.97 Å². The predicted molar refractivity (Wildman–Crippen MR) is 97.1 cm³/mol. The van der Waals surface area contributed by atoms with Gasteiger partial charge < -0.3 is 4.74 Å². The van der Waals surface area contributed by atoms with E-state index in [2.05, 4.69) is 30.8 Å². The van der Waals surface area contributed by atoms with E-state index in [9.17, 15) is 4.79 Å². The SMILES string of the molecule is C=COC(=O)c1cccc([S+](c2ccccc2)c2ccccc2)c1. The highest BCUT2D eigenvalue weighted by Crippen LogP contribution is 2.31. The number of esters is 1. The average Bonchev–Trinajstić information content (AvgIpc) is 2.64. The summed E-state index contributed by atoms with van der Waals surface area (Å²) in [6.07, 6.45) is 1.16. The van der Waals surface area contributed by atoms with Crippen molar-refractivity contribution in [3.05, 3.63) is 103 Å². The van der Waals surface area contributed by atoms with Crippen molar-refractivity contribution >= 4 is 16.9 Å². The van der Waals surface area contributed by atoms with Gasteiger partial charge in [-0.3, -0.25) is 0 Å². The minimum Gasteiger partial charge on any atom is -0.432 e. The zero-order chi connectivity index (χ0) is 16.8. The van der Waals surface area contributed by atoms with Gasteiger partial charge in [-0.2, -0.15) is 0 Å². The molecule has 0 fully saturated rings. The van der Waals surface area contributed by atoms with Crippen molar-refractivity contribution in [3.63, 3.8) is 0 Å². The van der Waals surface area contributed by atoms with Crippen molar-refractivity contribution in [2.45, 2.75) is 14.7 Å². The Balaban J connectivity index is 2.08. The highest BCUT2D eigenvalue weighted by atomic mass is 32.2. The van der Waals surface area contributed by atoms with Crippen molar-refractivity contribution in [2.75, 3.05) is 0 Å². The summed E-state index contributed by atoms with van der Waals surface area (Å²) in [7, 11) is -0.279. The smallest absolute Gasteiger partial charge is 0.343 e. The Morgan fingerprint density at radius 3 is 1.88 bits per heavy atom. The van der Waals surface area contributed by atoms with E-state index in [-0.39, 0.29) is 10.9 Å². The van der Waals surface area contributed by atoms with Gasteiger partial charge in [0.2, 0.25) is 0 Å². The molecule has 3 aromatic carbocycles. The Morgan fingerprint density at radius 2 is 1.33 bits per heavy atom. The molecule has 118 valence electrons. The van der Waals surface area contributed by atoms with Gasteiger partial charge >= 0.3 is 5.97 Å². The minimum absolute atomic E-state index is 0.279. The first kappa shape index (κ1) is 16.1. The van der Waals surface area contributed by atoms with Gasteiger partial charge in [-0.25, -0.2) is 4.79 Å². The van der Waals surface area contributed by atoms with Crippen LogP contribution >= 0.6 is 0 Å². The largest absolute Gasteiger partial charge is 0.432 e. The van der Waals surface area contributed by atoms with Crippen LogP contribution in [0, 0.1) is 0 Å². The Bertz CT molecular complexity index is 789. The van der Waals surface area contributed by atoms with Crippen LogP contribution in [-0.2, 0) is 15.6 Å². The molecule has 0 unspecified atom stereocenters. The third kappa shape index (κ3) is 3.58. The molecule has 3 heteroatoms. The van der Waals surface area contributed by atoms with Crippen LogP contribution < -0.4 is 0 Å². The number of carbonyl (C=O) groups excluding carboxylic acids is 1. The van der Waals surface area contributed by atoms with E-state index in [1.807, 2.05) is 54.6 Å². The summed E-state index contributed by atoms with van der Waals surface area (Å²) in [5.41, 5.74) is 0.525. The molecule has 2 nitrogen and oxygen atoms in total. The van der Waals surface area contributed by atoms with Crippen LogP contribution in [0.1, 0.15) is 10.4 Å². The summed E-state index contributed by atoms with van der Waals surface area (Å²) < 4.78 is 4.90. The molecule has 0 amide bonds. The normalized spacial score (nSPS) is 10.4. The lowest BCUT2D eigenvalue weighted by molar-refractivity contribution is 0.0664. The van der Waals surface area contributed by atoms with Crippen molar-refractivity contribution in [3.8, 4) is 0 Å². The molecule has 0 spiro atoms. The molecule has 0 saturated heterocycles. The maximum Gasteiger partial charge on any atom is 0.343 e. The third-order valence-electron chi connectivity index (χ3n) is 3.45. The summed E-state index contributed by atoms with van der Waals surface area (Å²) in [6.45, 7) is 3.44. The molecule has 0 aliphatic rings. The fourth-order valence-electron chi connectivity index (χ4n) is 2.42. The van der Waals surface area contributed by atoms with Gasteiger partial charge in [-0.15, -0.1) is 0 Å². The van der Waals surface area contributed by atoms with Crippen LogP contribution in [0.5, 0.6) is 0 Å². The van der Waals surface area contributed by atoms with Gasteiger partial charge in [0, 0.05) is 6.07 Å². The summed E-state index contributed by atoms with van der Waals surface area (Å²) in [5.74, 6) is -0.392. The molecule has 0 N–H and O–H groups in total. The van der Waals surface area contributed by atoms with Crippen LogP contribution in [0.4, 0.5) is 0 Å². The van der Waals surface area contributed by atoms with Gasteiger partial charge in [0.15, 0.2) is 14.7 Å². The van der Waals surface area contributed by atoms with Gasteiger partial charge in [-0.05, 0) is 36.4 Å². The number of ether oxygens (including phenoxy) is 1. The molecule has 0 aliphatic carbocycles. The first-order valence-electron chi connectivity index (χ1n) is 7.56. The minimum atomic E-state index is -0.392. The topological polar surface area (TPSA) is 26.3 Å². The quantitative estimate of drug-likeness (QED) is 0.370. The third-order valence-corrected chi connectivity index (χ3v) is 5.67. The highest BCUT2D eigenvalue weighted by molar-refractivity contribution is 7.97. The lowest BCUT2D eigenvalue weighted by Gasteiger charge is -2.08. The van der Waals surface area contributed by atoms with Crippen molar-refractivity contribution in [1.82, 2.24) is 0 Å². The average molecular weight is 333 g/mol. The molecule has 0 bridgehead atoms. The molecule has 24 heavy (non-hydrogen) atoms. The number of rotatable bonds is 5. The van der Waals surface area contributed by atoms with E-state index in [0.29, 0.717) is 5.56 Å². The van der Waals surface area contributed by atoms with Crippen molar-refractivity contribution in [2.24, 2.45) is 0 Å². The molecule has 0 aliphatic heterocycles. The molecule has 3 rings (SSSR count). The lowest BCUT2D eigenvalue weighted by atomic mass is 10.2. The maximum atomic E-state index is 12.0. The highest BCUT2D eigenvalue weighted by Gasteiger charge is 2.29. The molecule has 0 heterocycles. The molecule has 3 aromatic rings. The molecule has 0 saturated carbocycles. The Morgan fingerprint density at radius 1 is 0.792 bits per heavy atom. The molecule has 0 aromatic heterocycles. The van der Waals surface area contributed by atoms with Gasteiger partial charge in [0.05, 0.1) is 22.7 Å². The molecular formula is C21H17O2S+. The van der Waals surface area contributed by atoms with Crippen LogP contribution in [0.2, 0.25) is 0 Å². The summed E-state index contributed by atoms with van der Waals surface area (Å²) >= 11 is 0. The van der Waals surface area contributed by atoms with E-state index < -0.39 is 5.97 Å². The number of hydrogen-bond acceptors (Lipinski definition) is 2. The molecule has 0 radical (unpaired) electrons. The Labute approximate surface area is 144 Å². The zero-order valence-corrected chi connectivity index (χ0v) is 13.9. The van der Waals surface area contributed by atoms with E-state index in [1.165, 1.54) is 9.79 Å². The fraction of sp³-hybridized carbons (Fsp3) is 0. The van der Waals surface area contributed by atoms with E-state index >= 15 is 0 Å². The number of carbonyl (C=O) groups is 1. The number of benzene rings is 3. The second-order valence-electron chi connectivity index (χ2n) is 5.03. The Kier molecular flexibility index (Phi) is 5.14. The molecule has 0 atom stereocenters. The second kappa shape index (κ2) is 7.66. The van der Waals surface area contributed by atoms with Gasteiger partial charge in [0.25, 0.3) is 0 Å². The van der Waals surface area contributed by atoms with Gasteiger partial charge in [0.1, 0.15) is 0 Å². The van der Waals surface area contributed by atoms with E-state index in [1.54, 1.807) is 6.07 Å². The zero-order valence-electron chi connectivity index (χ0n) is 13.1. The Hall–Kier alpha value is -2.78. The standard InChI is InChI=1S/C21H17O2S/c1-2-23-21(22)17-10-9-15-20(16-17)24(18-11-5-3-6-12-18)19-13-7-4-8-14-19/h2-16H,1H2/q+1. The van der Waals surface area contributed by atoms with E-state index in [0.717, 1.165) is 11.2 Å². The van der Waals surface area contributed by atoms with Gasteiger partial charge in [-0.1, -0.05) is 49.0 Å². The van der Waals surface area contributed by atoms with Crippen LogP contribution in [0.25, 0.3) is 0 Å². The van der Waals surface area contributed by atoms with Crippen LogP contribution in [0.15, 0.2) is 112 Å². The maximum absolute atomic E-state index is 12.0. The van der Waals surface area contributed by atoms with Crippen molar-refractivity contribution in [1.29, 1.82) is 0 Å². The monoisotopic (exact) mass is 333 g/mol. The lowest BCUT2D eigenvalue weighted by Crippen LogP contribution is -2.07. The van der Waals surface area contributed by atoms with Crippen molar-refractivity contribution < 1.29 is 9.53 Å².